The minimum absolute atomic E-state index is 0.0839. The number of hydrogen-bond donors (Lipinski definition) is 0. The second kappa shape index (κ2) is 11.2. The molecule has 1 aromatic heterocycles. The number of aromatic nitrogens is 2. The van der Waals surface area contributed by atoms with Gasteiger partial charge in [0.1, 0.15) is 5.82 Å². The molecule has 38 heavy (non-hydrogen) atoms. The maximum absolute atomic E-state index is 13.8. The lowest BCUT2D eigenvalue weighted by Crippen LogP contribution is -2.40. The fourth-order valence-electron chi connectivity index (χ4n) is 4.52. The van der Waals surface area contributed by atoms with E-state index in [1.165, 1.54) is 28.7 Å². The van der Waals surface area contributed by atoms with Crippen molar-refractivity contribution in [1.29, 1.82) is 0 Å². The number of amides is 1. The monoisotopic (exact) mass is 523 g/mol. The van der Waals surface area contributed by atoms with Gasteiger partial charge in [-0.05, 0) is 61.4 Å². The fourth-order valence-corrected chi connectivity index (χ4v) is 4.52. The van der Waals surface area contributed by atoms with Crippen molar-refractivity contribution < 1.29 is 22.7 Å². The van der Waals surface area contributed by atoms with Gasteiger partial charge in [-0.25, -0.2) is 4.98 Å². The molecule has 0 saturated heterocycles. The first kappa shape index (κ1) is 27.1. The minimum atomic E-state index is -4.59. The third-order valence-electron chi connectivity index (χ3n) is 6.36. The molecular formula is C29H28F3N3O3. The lowest BCUT2D eigenvalue weighted by molar-refractivity contribution is -0.137. The number of benzene rings is 3. The first-order chi connectivity index (χ1) is 18.2. The van der Waals surface area contributed by atoms with E-state index in [9.17, 15) is 22.8 Å². The van der Waals surface area contributed by atoms with Gasteiger partial charge >= 0.3 is 6.18 Å². The summed E-state index contributed by atoms with van der Waals surface area (Å²) in [4.78, 5) is 33.8. The van der Waals surface area contributed by atoms with Crippen molar-refractivity contribution in [2.75, 3.05) is 20.3 Å². The molecule has 0 fully saturated rings. The molecular weight excluding hydrogens is 495 g/mol. The topological polar surface area (TPSA) is 64.4 Å². The molecule has 0 radical (unpaired) electrons. The van der Waals surface area contributed by atoms with Crippen LogP contribution in [0.2, 0.25) is 0 Å². The lowest BCUT2D eigenvalue weighted by atomic mass is 10.1. The fraction of sp³-hybridized carbons (Fsp3) is 0.276. The van der Waals surface area contributed by atoms with Crippen LogP contribution >= 0.6 is 0 Å². The van der Waals surface area contributed by atoms with Gasteiger partial charge in [0, 0.05) is 19.2 Å². The van der Waals surface area contributed by atoms with Gasteiger partial charge in [-0.2, -0.15) is 13.2 Å². The Morgan fingerprint density at radius 1 is 1.05 bits per heavy atom. The summed E-state index contributed by atoms with van der Waals surface area (Å²) in [6.45, 7) is 3.97. The van der Waals surface area contributed by atoms with Gasteiger partial charge in [0.15, 0.2) is 0 Å². The molecule has 1 amide bonds. The highest BCUT2D eigenvalue weighted by atomic mass is 19.4. The average Bonchev–Trinajstić information content (AvgIpc) is 2.90. The third kappa shape index (κ3) is 5.47. The second-order valence-electron chi connectivity index (χ2n) is 8.96. The van der Waals surface area contributed by atoms with Gasteiger partial charge in [0.25, 0.3) is 11.5 Å². The quantitative estimate of drug-likeness (QED) is 0.286. The molecule has 6 nitrogen and oxygen atoms in total. The first-order valence-electron chi connectivity index (χ1n) is 12.2. The summed E-state index contributed by atoms with van der Waals surface area (Å²) in [7, 11) is 1.48. The molecule has 0 aliphatic heterocycles. The molecule has 4 aromatic rings. The standard InChI is InChI=1S/C29H28F3N3O3/c1-4-25(34(15-16-38-3)27(36)20-10-8-11-21(18-20)29(30,31)32)26-33-24-14-6-5-13-23(24)28(37)35(26)22-12-7-9-19(2)17-22/h5-14,17-18,25H,4,15-16H2,1-3H3. The minimum Gasteiger partial charge on any atom is -0.383 e. The molecule has 1 unspecified atom stereocenters. The zero-order valence-corrected chi connectivity index (χ0v) is 21.3. The summed E-state index contributed by atoms with van der Waals surface area (Å²) >= 11 is 0. The normalized spacial score (nSPS) is 12.5. The summed E-state index contributed by atoms with van der Waals surface area (Å²) in [5, 5.41) is 0.417. The number of carbonyl (C=O) groups is 1. The van der Waals surface area contributed by atoms with Gasteiger partial charge in [0.05, 0.1) is 34.8 Å². The Balaban J connectivity index is 1.93. The molecule has 1 atom stereocenters. The Labute approximate surface area is 218 Å². The van der Waals surface area contributed by atoms with E-state index in [4.69, 9.17) is 9.72 Å². The molecule has 3 aromatic carbocycles. The van der Waals surface area contributed by atoms with Crippen molar-refractivity contribution >= 4 is 16.8 Å². The highest BCUT2D eigenvalue weighted by molar-refractivity contribution is 5.94. The number of para-hydroxylation sites is 1. The molecule has 0 N–H and O–H groups in total. The van der Waals surface area contributed by atoms with Crippen molar-refractivity contribution in [3.63, 3.8) is 0 Å². The molecule has 9 heteroatoms. The van der Waals surface area contributed by atoms with E-state index in [2.05, 4.69) is 0 Å². The number of halogens is 3. The summed E-state index contributed by atoms with van der Waals surface area (Å²) in [6.07, 6.45) is -4.24. The van der Waals surface area contributed by atoms with E-state index in [-0.39, 0.29) is 24.3 Å². The number of alkyl halides is 3. The van der Waals surface area contributed by atoms with Crippen LogP contribution in [-0.4, -0.2) is 40.6 Å². The van der Waals surface area contributed by atoms with Crippen LogP contribution in [0.1, 0.15) is 46.7 Å². The molecule has 0 saturated carbocycles. The number of hydrogen-bond acceptors (Lipinski definition) is 4. The predicted octanol–water partition coefficient (Wildman–Crippen LogP) is 5.95. The predicted molar refractivity (Wildman–Crippen MR) is 139 cm³/mol. The SMILES string of the molecule is CCC(c1nc2ccccc2c(=O)n1-c1cccc(C)c1)N(CCOC)C(=O)c1cccc(C(F)(F)F)c1. The molecule has 0 spiro atoms. The van der Waals surface area contributed by atoms with E-state index in [1.54, 1.807) is 30.3 Å². The van der Waals surface area contributed by atoms with Crippen LogP contribution in [0, 0.1) is 6.92 Å². The van der Waals surface area contributed by atoms with Crippen LogP contribution in [0.3, 0.4) is 0 Å². The number of methoxy groups -OCH3 is 1. The molecule has 0 aliphatic rings. The summed E-state index contributed by atoms with van der Waals surface area (Å²) in [6, 6.07) is 17.9. The largest absolute Gasteiger partial charge is 0.416 e. The molecule has 0 bridgehead atoms. The van der Waals surface area contributed by atoms with Crippen LogP contribution < -0.4 is 5.56 Å². The first-order valence-corrected chi connectivity index (χ1v) is 12.2. The highest BCUT2D eigenvalue weighted by Gasteiger charge is 2.33. The number of ether oxygens (including phenoxy) is 1. The zero-order valence-electron chi connectivity index (χ0n) is 21.3. The van der Waals surface area contributed by atoms with E-state index in [1.807, 2.05) is 32.0 Å². The number of rotatable bonds is 8. The van der Waals surface area contributed by atoms with Crippen molar-refractivity contribution in [2.24, 2.45) is 0 Å². The number of carbonyl (C=O) groups excluding carboxylic acids is 1. The molecule has 4 rings (SSSR count). The van der Waals surface area contributed by atoms with Crippen molar-refractivity contribution in [2.45, 2.75) is 32.5 Å². The third-order valence-corrected chi connectivity index (χ3v) is 6.36. The van der Waals surface area contributed by atoms with Crippen LogP contribution in [0.4, 0.5) is 13.2 Å². The van der Waals surface area contributed by atoms with E-state index < -0.39 is 23.7 Å². The average molecular weight is 524 g/mol. The van der Waals surface area contributed by atoms with Gasteiger partial charge in [-0.1, -0.05) is 37.3 Å². The second-order valence-corrected chi connectivity index (χ2v) is 8.96. The van der Waals surface area contributed by atoms with E-state index in [0.717, 1.165) is 17.7 Å². The summed E-state index contributed by atoms with van der Waals surface area (Å²) in [5.41, 5.74) is 0.655. The Morgan fingerprint density at radius 2 is 1.79 bits per heavy atom. The number of fused-ring (bicyclic) bond motifs is 1. The molecule has 0 aliphatic carbocycles. The Kier molecular flexibility index (Phi) is 7.97. The summed E-state index contributed by atoms with van der Waals surface area (Å²) in [5.74, 6) is -0.295. The molecule has 1 heterocycles. The summed E-state index contributed by atoms with van der Waals surface area (Å²) < 4.78 is 46.9. The lowest BCUT2D eigenvalue weighted by Gasteiger charge is -2.32. The van der Waals surface area contributed by atoms with Gasteiger partial charge < -0.3 is 9.64 Å². The van der Waals surface area contributed by atoms with Gasteiger partial charge in [0.2, 0.25) is 0 Å². The Morgan fingerprint density at radius 3 is 2.47 bits per heavy atom. The number of nitrogens with zero attached hydrogens (tertiary/aromatic N) is 3. The van der Waals surface area contributed by atoms with Gasteiger partial charge in [-0.3, -0.25) is 14.2 Å². The maximum Gasteiger partial charge on any atom is 0.416 e. The van der Waals surface area contributed by atoms with Crippen LogP contribution in [0.15, 0.2) is 77.6 Å². The van der Waals surface area contributed by atoms with E-state index in [0.29, 0.717) is 28.8 Å². The van der Waals surface area contributed by atoms with Crippen LogP contribution in [-0.2, 0) is 10.9 Å². The maximum atomic E-state index is 13.8. The van der Waals surface area contributed by atoms with Crippen LogP contribution in [0.5, 0.6) is 0 Å². The van der Waals surface area contributed by atoms with Crippen LogP contribution in [0.25, 0.3) is 16.6 Å². The van der Waals surface area contributed by atoms with Gasteiger partial charge in [-0.15, -0.1) is 0 Å². The number of aryl methyl sites for hydroxylation is 1. The van der Waals surface area contributed by atoms with Crippen molar-refractivity contribution in [1.82, 2.24) is 14.5 Å². The van der Waals surface area contributed by atoms with Crippen molar-refractivity contribution in [3.05, 3.63) is 106 Å². The van der Waals surface area contributed by atoms with E-state index >= 15 is 0 Å². The smallest absolute Gasteiger partial charge is 0.383 e. The van der Waals surface area contributed by atoms with Crippen molar-refractivity contribution in [3.8, 4) is 5.69 Å². The highest BCUT2D eigenvalue weighted by Crippen LogP contribution is 2.31. The zero-order chi connectivity index (χ0) is 27.4. The Hall–Kier alpha value is -3.98. The molecule has 198 valence electrons. The Bertz CT molecular complexity index is 1510.